The number of hydrogen-bond acceptors (Lipinski definition) is 6. The van der Waals surface area contributed by atoms with Crippen LogP contribution in [-0.4, -0.2) is 46.8 Å². The van der Waals surface area contributed by atoms with Crippen molar-refractivity contribution in [1.82, 2.24) is 24.5 Å². The molecule has 0 bridgehead atoms. The maximum absolute atomic E-state index is 13.4. The molecule has 0 atom stereocenters. The van der Waals surface area contributed by atoms with Gasteiger partial charge in [0.25, 0.3) is 5.91 Å². The van der Waals surface area contributed by atoms with Crippen molar-refractivity contribution in [2.24, 2.45) is 0 Å². The number of aromatic nitrogens is 4. The van der Waals surface area contributed by atoms with Gasteiger partial charge in [0.1, 0.15) is 11.6 Å². The molecule has 1 N–H and O–H groups in total. The summed E-state index contributed by atoms with van der Waals surface area (Å²) in [6.07, 6.45) is 6.02. The van der Waals surface area contributed by atoms with Crippen LogP contribution in [0.4, 0.5) is 10.1 Å². The molecular weight excluding hydrogens is 459 g/mol. The predicted molar refractivity (Wildman–Crippen MR) is 126 cm³/mol. The molecule has 180 valence electrons. The maximum atomic E-state index is 13.4. The number of alkyl halides is 1. The van der Waals surface area contributed by atoms with E-state index in [1.165, 1.54) is 23.1 Å². The van der Waals surface area contributed by atoms with Gasteiger partial charge >= 0.3 is 0 Å². The molecule has 0 unspecified atom stereocenters. The Bertz CT molecular complexity index is 1370. The lowest BCUT2D eigenvalue weighted by Crippen LogP contribution is -2.39. The minimum atomic E-state index is -3.73. The molecule has 0 saturated heterocycles. The van der Waals surface area contributed by atoms with Crippen LogP contribution in [0.5, 0.6) is 0 Å². The molecule has 1 aliphatic rings. The van der Waals surface area contributed by atoms with Gasteiger partial charge in [0, 0.05) is 30.2 Å². The van der Waals surface area contributed by atoms with Crippen molar-refractivity contribution in [3.05, 3.63) is 53.7 Å². The fourth-order valence-corrected chi connectivity index (χ4v) is 5.44. The minimum absolute atomic E-state index is 0.0379. The van der Waals surface area contributed by atoms with Crippen LogP contribution in [0.25, 0.3) is 11.3 Å². The first-order chi connectivity index (χ1) is 16.0. The van der Waals surface area contributed by atoms with E-state index in [9.17, 15) is 17.6 Å². The fourth-order valence-electron chi connectivity index (χ4n) is 4.21. The largest absolute Gasteiger partial charge is 0.294 e. The third kappa shape index (κ3) is 4.09. The average Bonchev–Trinajstić information content (AvgIpc) is 3.27. The number of fused-ring (bicyclic) bond motifs is 1. The standard InChI is InChI=1S/C23H27FN6O3S/c1-14(2)28-34(32,33)18-9-16(10-25-12-18)19-8-15(3)20-21(27-19)23(4,5)30(22(20)31)17-11-26-29(13-17)7-6-24/h8-14,28H,6-7H2,1-5H3. The van der Waals surface area contributed by atoms with Crippen LogP contribution in [0.1, 0.15) is 49.3 Å². The molecule has 0 aromatic carbocycles. The van der Waals surface area contributed by atoms with Crippen molar-refractivity contribution < 1.29 is 17.6 Å². The quantitative estimate of drug-likeness (QED) is 0.549. The van der Waals surface area contributed by atoms with E-state index >= 15 is 0 Å². The van der Waals surface area contributed by atoms with E-state index in [0.717, 1.165) is 0 Å². The Kier molecular flexibility index (Phi) is 6.03. The highest BCUT2D eigenvalue weighted by Gasteiger charge is 2.47. The first kappa shape index (κ1) is 24.0. The van der Waals surface area contributed by atoms with Crippen molar-refractivity contribution in [2.75, 3.05) is 11.6 Å². The summed E-state index contributed by atoms with van der Waals surface area (Å²) in [5.74, 6) is -0.216. The van der Waals surface area contributed by atoms with Crippen LogP contribution in [0.3, 0.4) is 0 Å². The van der Waals surface area contributed by atoms with Crippen LogP contribution in [0.2, 0.25) is 0 Å². The van der Waals surface area contributed by atoms with E-state index in [4.69, 9.17) is 4.98 Å². The molecule has 0 aliphatic carbocycles. The minimum Gasteiger partial charge on any atom is -0.294 e. The summed E-state index contributed by atoms with van der Waals surface area (Å²) in [5.41, 5.74) is 2.55. The molecule has 1 amide bonds. The van der Waals surface area contributed by atoms with Gasteiger partial charge in [-0.15, -0.1) is 0 Å². The highest BCUT2D eigenvalue weighted by molar-refractivity contribution is 7.89. The van der Waals surface area contributed by atoms with Crippen molar-refractivity contribution in [2.45, 2.75) is 57.6 Å². The number of carbonyl (C=O) groups excluding carboxylic acids is 1. The number of hydrogen-bond donors (Lipinski definition) is 1. The SMILES string of the molecule is Cc1cc(-c2cncc(S(=O)(=O)NC(C)C)c2)nc2c1C(=O)N(c1cnn(CCF)c1)C2(C)C. The van der Waals surface area contributed by atoms with Crippen molar-refractivity contribution >= 4 is 21.6 Å². The van der Waals surface area contributed by atoms with Crippen LogP contribution < -0.4 is 9.62 Å². The Morgan fingerprint density at radius 3 is 2.59 bits per heavy atom. The highest BCUT2D eigenvalue weighted by Crippen LogP contribution is 2.43. The second-order valence-corrected chi connectivity index (χ2v) is 10.8. The molecule has 0 fully saturated rings. The van der Waals surface area contributed by atoms with E-state index in [1.807, 2.05) is 20.8 Å². The normalized spacial score (nSPS) is 15.3. The van der Waals surface area contributed by atoms with Gasteiger partial charge in [0.2, 0.25) is 10.0 Å². The third-order valence-corrected chi connectivity index (χ3v) is 7.30. The molecule has 9 nitrogen and oxygen atoms in total. The summed E-state index contributed by atoms with van der Waals surface area (Å²) >= 11 is 0. The zero-order chi connectivity index (χ0) is 24.8. The number of nitrogens with zero attached hydrogens (tertiary/aromatic N) is 5. The zero-order valence-corrected chi connectivity index (χ0v) is 20.5. The molecule has 3 aromatic heterocycles. The molecule has 1 aliphatic heterocycles. The summed E-state index contributed by atoms with van der Waals surface area (Å²) in [6.45, 7) is 8.62. The molecular formula is C23H27FN6O3S. The maximum Gasteiger partial charge on any atom is 0.261 e. The van der Waals surface area contributed by atoms with Gasteiger partial charge in [0.15, 0.2) is 0 Å². The van der Waals surface area contributed by atoms with Crippen molar-refractivity contribution in [3.63, 3.8) is 0 Å². The lowest BCUT2D eigenvalue weighted by atomic mass is 9.96. The molecule has 3 aromatic rings. The third-order valence-electron chi connectivity index (χ3n) is 5.67. The van der Waals surface area contributed by atoms with Gasteiger partial charge in [0.05, 0.1) is 40.9 Å². The van der Waals surface area contributed by atoms with Crippen molar-refractivity contribution in [3.8, 4) is 11.3 Å². The van der Waals surface area contributed by atoms with Crippen LogP contribution in [-0.2, 0) is 22.1 Å². The van der Waals surface area contributed by atoms with Gasteiger partial charge in [-0.25, -0.2) is 22.5 Å². The van der Waals surface area contributed by atoms with Crippen LogP contribution >= 0.6 is 0 Å². The molecule has 4 rings (SSSR count). The first-order valence-electron chi connectivity index (χ1n) is 10.9. The smallest absolute Gasteiger partial charge is 0.261 e. The monoisotopic (exact) mass is 486 g/mol. The fraction of sp³-hybridized carbons (Fsp3) is 0.391. The van der Waals surface area contributed by atoms with Gasteiger partial charge in [-0.3, -0.25) is 19.4 Å². The van der Waals surface area contributed by atoms with E-state index in [1.54, 1.807) is 37.2 Å². The van der Waals surface area contributed by atoms with Crippen molar-refractivity contribution in [1.29, 1.82) is 0 Å². The Morgan fingerprint density at radius 1 is 1.18 bits per heavy atom. The van der Waals surface area contributed by atoms with E-state index in [2.05, 4.69) is 14.8 Å². The van der Waals surface area contributed by atoms with Crippen LogP contribution in [0, 0.1) is 6.92 Å². The molecule has 4 heterocycles. The number of sulfonamides is 1. The predicted octanol–water partition coefficient (Wildman–Crippen LogP) is 3.20. The topological polar surface area (TPSA) is 110 Å². The van der Waals surface area contributed by atoms with Gasteiger partial charge in [-0.2, -0.15) is 5.10 Å². The Balaban J connectivity index is 1.78. The first-order valence-corrected chi connectivity index (χ1v) is 12.4. The number of nitrogens with one attached hydrogen (secondary N) is 1. The lowest BCUT2D eigenvalue weighted by Gasteiger charge is -2.30. The van der Waals surface area contributed by atoms with Gasteiger partial charge in [-0.05, 0) is 52.3 Å². The van der Waals surface area contributed by atoms with Crippen LogP contribution in [0.15, 0.2) is 41.8 Å². The molecule has 34 heavy (non-hydrogen) atoms. The molecule has 11 heteroatoms. The van der Waals surface area contributed by atoms with Gasteiger partial charge in [-0.1, -0.05) is 0 Å². The Hall–Kier alpha value is -3.18. The number of halogens is 1. The Morgan fingerprint density at radius 2 is 1.91 bits per heavy atom. The summed E-state index contributed by atoms with van der Waals surface area (Å²) < 4.78 is 42.0. The summed E-state index contributed by atoms with van der Waals surface area (Å²) in [5, 5.41) is 4.15. The zero-order valence-electron chi connectivity index (χ0n) is 19.7. The lowest BCUT2D eigenvalue weighted by molar-refractivity contribution is 0.0981. The van der Waals surface area contributed by atoms with E-state index in [0.29, 0.717) is 33.8 Å². The summed E-state index contributed by atoms with van der Waals surface area (Å²) in [4.78, 5) is 24.0. The number of aryl methyl sites for hydroxylation is 2. The number of amides is 1. The highest BCUT2D eigenvalue weighted by atomic mass is 32.2. The van der Waals surface area contributed by atoms with E-state index in [-0.39, 0.29) is 23.4 Å². The number of anilines is 1. The Labute approximate surface area is 198 Å². The molecule has 0 radical (unpaired) electrons. The van der Waals surface area contributed by atoms with Gasteiger partial charge < -0.3 is 0 Å². The summed E-state index contributed by atoms with van der Waals surface area (Å²) in [6, 6.07) is 3.02. The van der Waals surface area contributed by atoms with E-state index < -0.39 is 22.2 Å². The average molecular weight is 487 g/mol. The molecule has 0 saturated carbocycles. The second-order valence-electron chi connectivity index (χ2n) is 9.08. The molecule has 0 spiro atoms. The number of carbonyl (C=O) groups is 1. The number of rotatable bonds is 7. The number of pyridine rings is 2. The summed E-state index contributed by atoms with van der Waals surface area (Å²) in [7, 11) is -3.73. The second kappa shape index (κ2) is 8.55.